The van der Waals surface area contributed by atoms with Crippen molar-refractivity contribution in [2.24, 2.45) is 0 Å². The van der Waals surface area contributed by atoms with Crippen LogP contribution < -0.4 is 5.73 Å². The van der Waals surface area contributed by atoms with Gasteiger partial charge in [0.1, 0.15) is 10.8 Å². The van der Waals surface area contributed by atoms with Gasteiger partial charge in [-0.2, -0.15) is 0 Å². The molecule has 2 aliphatic rings. The maximum absolute atomic E-state index is 10.8. The molecule has 0 radical (unpaired) electrons. The summed E-state index contributed by atoms with van der Waals surface area (Å²) in [6.45, 7) is 2.57. The van der Waals surface area contributed by atoms with E-state index in [1.54, 1.807) is 11.3 Å². The lowest BCUT2D eigenvalue weighted by molar-refractivity contribution is 0.232. The minimum atomic E-state index is 0.0690. The van der Waals surface area contributed by atoms with Crippen LogP contribution in [0.15, 0.2) is 36.4 Å². The van der Waals surface area contributed by atoms with Crippen LogP contribution in [0.1, 0.15) is 38.6 Å². The summed E-state index contributed by atoms with van der Waals surface area (Å²) in [7, 11) is 0. The standard InChI is InChI=1S/C21H18Cl2N2OS/c22-15-7-12-6-13-18-14(17(12)20(26)19(15)23)9-25(10-16(18)27-21(13)24)8-11-4-2-1-3-5-11/h1-5,7,14,26H,6,8-10,24H2. The third-order valence-corrected chi connectivity index (χ3v) is 7.44. The number of phenolic OH excluding ortho intramolecular Hbond substituents is 1. The lowest BCUT2D eigenvalue weighted by Crippen LogP contribution is -2.35. The van der Waals surface area contributed by atoms with Crippen LogP contribution in [0, 0.1) is 0 Å². The molecule has 0 amide bonds. The van der Waals surface area contributed by atoms with Crippen molar-refractivity contribution in [3.8, 4) is 5.75 Å². The summed E-state index contributed by atoms with van der Waals surface area (Å²) in [5.41, 5.74) is 12.1. The van der Waals surface area contributed by atoms with E-state index in [4.69, 9.17) is 28.9 Å². The normalized spacial score (nSPS) is 18.2. The third-order valence-electron chi connectivity index (χ3n) is 5.60. The number of anilines is 1. The second-order valence-electron chi connectivity index (χ2n) is 7.26. The van der Waals surface area contributed by atoms with Crippen LogP contribution in [-0.4, -0.2) is 16.6 Å². The van der Waals surface area contributed by atoms with Gasteiger partial charge in [-0.3, -0.25) is 4.90 Å². The van der Waals surface area contributed by atoms with Gasteiger partial charge in [-0.25, -0.2) is 0 Å². The maximum Gasteiger partial charge on any atom is 0.139 e. The van der Waals surface area contributed by atoms with Gasteiger partial charge in [0, 0.05) is 42.4 Å². The van der Waals surface area contributed by atoms with E-state index < -0.39 is 0 Å². The molecule has 27 heavy (non-hydrogen) atoms. The fraction of sp³-hybridized carbons (Fsp3) is 0.238. The molecular weight excluding hydrogens is 399 g/mol. The number of hydrogen-bond donors (Lipinski definition) is 2. The number of nitrogens with zero attached hydrogens (tertiary/aromatic N) is 1. The van der Waals surface area contributed by atoms with Crippen LogP contribution in [0.3, 0.4) is 0 Å². The largest absolute Gasteiger partial charge is 0.506 e. The van der Waals surface area contributed by atoms with Crippen LogP contribution >= 0.6 is 34.5 Å². The van der Waals surface area contributed by atoms with Gasteiger partial charge in [-0.15, -0.1) is 11.3 Å². The molecule has 0 bridgehead atoms. The average Bonchev–Trinajstić information content (AvgIpc) is 2.96. The molecule has 2 heterocycles. The Morgan fingerprint density at radius 1 is 1.19 bits per heavy atom. The Hall–Kier alpha value is -1.72. The monoisotopic (exact) mass is 416 g/mol. The molecule has 0 spiro atoms. The summed E-state index contributed by atoms with van der Waals surface area (Å²) >= 11 is 14.2. The molecule has 1 aliphatic heterocycles. The summed E-state index contributed by atoms with van der Waals surface area (Å²) in [5, 5.41) is 12.3. The number of thiophene rings is 1. The molecule has 1 aliphatic carbocycles. The second kappa shape index (κ2) is 6.42. The minimum Gasteiger partial charge on any atom is -0.506 e. The Morgan fingerprint density at radius 3 is 2.74 bits per heavy atom. The summed E-state index contributed by atoms with van der Waals surface area (Å²) in [6, 6.07) is 12.3. The predicted molar refractivity (Wildman–Crippen MR) is 112 cm³/mol. The smallest absolute Gasteiger partial charge is 0.139 e. The van der Waals surface area contributed by atoms with Crippen molar-refractivity contribution in [3.05, 3.63) is 79.1 Å². The molecule has 1 aromatic heterocycles. The van der Waals surface area contributed by atoms with E-state index in [0.717, 1.165) is 35.8 Å². The Kier molecular flexibility index (Phi) is 4.13. The first kappa shape index (κ1) is 17.4. The Morgan fingerprint density at radius 2 is 1.96 bits per heavy atom. The molecule has 2 aromatic carbocycles. The molecule has 0 saturated heterocycles. The van der Waals surface area contributed by atoms with Gasteiger partial charge in [0.2, 0.25) is 0 Å². The van der Waals surface area contributed by atoms with Gasteiger partial charge < -0.3 is 10.8 Å². The fourth-order valence-electron chi connectivity index (χ4n) is 4.47. The lowest BCUT2D eigenvalue weighted by atomic mass is 9.76. The van der Waals surface area contributed by atoms with Gasteiger partial charge in [-0.05, 0) is 28.3 Å². The van der Waals surface area contributed by atoms with Gasteiger partial charge in [0.25, 0.3) is 0 Å². The number of fused-ring (bicyclic) bond motifs is 2. The van der Waals surface area contributed by atoms with Crippen molar-refractivity contribution in [3.63, 3.8) is 0 Å². The van der Waals surface area contributed by atoms with Crippen LogP contribution in [0.25, 0.3) is 0 Å². The van der Waals surface area contributed by atoms with Gasteiger partial charge in [-0.1, -0.05) is 53.5 Å². The topological polar surface area (TPSA) is 49.5 Å². The SMILES string of the molecule is Nc1sc2c3c1Cc1cc(Cl)c(Cl)c(O)c1C3CN(Cc1ccccc1)C2. The molecule has 0 fully saturated rings. The summed E-state index contributed by atoms with van der Waals surface area (Å²) in [5.74, 6) is 0.187. The molecule has 3 nitrogen and oxygen atoms in total. The Bertz CT molecular complexity index is 1050. The average molecular weight is 417 g/mol. The summed E-state index contributed by atoms with van der Waals surface area (Å²) in [4.78, 5) is 3.71. The predicted octanol–water partition coefficient (Wildman–Crippen LogP) is 5.39. The number of halogens is 2. The highest BCUT2D eigenvalue weighted by Gasteiger charge is 2.38. The molecule has 3 aromatic rings. The van der Waals surface area contributed by atoms with Gasteiger partial charge >= 0.3 is 0 Å². The summed E-state index contributed by atoms with van der Waals surface area (Å²) < 4.78 is 0. The molecule has 138 valence electrons. The Balaban J connectivity index is 1.61. The van der Waals surface area contributed by atoms with Crippen LogP contribution in [0.5, 0.6) is 5.75 Å². The number of phenols is 1. The number of nitrogens with two attached hydrogens (primary N) is 1. The minimum absolute atomic E-state index is 0.0690. The van der Waals surface area contributed by atoms with Crippen molar-refractivity contribution in [1.82, 2.24) is 4.90 Å². The van der Waals surface area contributed by atoms with E-state index in [-0.39, 0.29) is 16.7 Å². The van der Waals surface area contributed by atoms with E-state index in [0.29, 0.717) is 11.4 Å². The first-order chi connectivity index (χ1) is 13.0. The second-order valence-corrected chi connectivity index (χ2v) is 9.18. The molecule has 3 N–H and O–H groups in total. The van der Waals surface area contributed by atoms with Crippen molar-refractivity contribution in [2.75, 3.05) is 12.3 Å². The van der Waals surface area contributed by atoms with Gasteiger partial charge in [0.05, 0.1) is 10.0 Å². The molecule has 5 rings (SSSR count). The van der Waals surface area contributed by atoms with Crippen molar-refractivity contribution >= 4 is 39.5 Å². The first-order valence-electron chi connectivity index (χ1n) is 8.89. The molecule has 1 atom stereocenters. The number of benzene rings is 2. The molecule has 0 saturated carbocycles. The van der Waals surface area contributed by atoms with E-state index in [1.807, 2.05) is 12.1 Å². The quantitative estimate of drug-likeness (QED) is 0.588. The molecule has 1 unspecified atom stereocenters. The zero-order valence-corrected chi connectivity index (χ0v) is 16.8. The number of hydrogen-bond acceptors (Lipinski definition) is 4. The number of aromatic hydroxyl groups is 1. The van der Waals surface area contributed by atoms with Gasteiger partial charge in [0.15, 0.2) is 0 Å². The van der Waals surface area contributed by atoms with E-state index in [1.165, 1.54) is 21.6 Å². The van der Waals surface area contributed by atoms with Crippen LogP contribution in [0.4, 0.5) is 5.00 Å². The van der Waals surface area contributed by atoms with E-state index >= 15 is 0 Å². The Labute approximate surface area is 171 Å². The zero-order valence-electron chi connectivity index (χ0n) is 14.5. The lowest BCUT2D eigenvalue weighted by Gasteiger charge is -2.37. The van der Waals surface area contributed by atoms with Crippen molar-refractivity contribution in [2.45, 2.75) is 25.4 Å². The number of nitrogen functional groups attached to an aromatic ring is 1. The van der Waals surface area contributed by atoms with Crippen molar-refractivity contribution < 1.29 is 5.11 Å². The zero-order chi connectivity index (χ0) is 18.7. The maximum atomic E-state index is 10.8. The molecule has 6 heteroatoms. The first-order valence-corrected chi connectivity index (χ1v) is 10.5. The van der Waals surface area contributed by atoms with Crippen molar-refractivity contribution in [1.29, 1.82) is 0 Å². The third kappa shape index (κ3) is 2.74. The number of rotatable bonds is 2. The van der Waals surface area contributed by atoms with E-state index in [9.17, 15) is 5.11 Å². The highest BCUT2D eigenvalue weighted by Crippen LogP contribution is 2.52. The highest BCUT2D eigenvalue weighted by molar-refractivity contribution is 7.16. The van der Waals surface area contributed by atoms with Crippen LogP contribution in [-0.2, 0) is 19.5 Å². The highest BCUT2D eigenvalue weighted by atomic mass is 35.5. The van der Waals surface area contributed by atoms with E-state index in [2.05, 4.69) is 29.2 Å². The fourth-order valence-corrected chi connectivity index (χ4v) is 6.04. The molecular formula is C21H18Cl2N2OS. The van der Waals surface area contributed by atoms with Crippen LogP contribution in [0.2, 0.25) is 10.0 Å². The summed E-state index contributed by atoms with van der Waals surface area (Å²) in [6.07, 6.45) is 0.701.